The first-order valence-electron chi connectivity index (χ1n) is 7.71. The Balaban J connectivity index is 1.74. The first kappa shape index (κ1) is 16.2. The summed E-state index contributed by atoms with van der Waals surface area (Å²) >= 11 is 0. The van der Waals surface area contributed by atoms with E-state index in [-0.39, 0.29) is 18.2 Å². The van der Waals surface area contributed by atoms with Crippen molar-refractivity contribution in [2.75, 3.05) is 0 Å². The van der Waals surface area contributed by atoms with Gasteiger partial charge in [0.05, 0.1) is 18.8 Å². The van der Waals surface area contributed by atoms with Crippen molar-refractivity contribution >= 4 is 0 Å². The van der Waals surface area contributed by atoms with E-state index in [2.05, 4.69) is 10.0 Å². The molecule has 0 amide bonds. The molecule has 0 aliphatic carbocycles. The molecule has 5 atom stereocenters. The maximum absolute atomic E-state index is 8.68. The molecule has 0 spiro atoms. The van der Waals surface area contributed by atoms with Gasteiger partial charge in [-0.15, -0.1) is 0 Å². The van der Waals surface area contributed by atoms with Gasteiger partial charge in [0, 0.05) is 4.91 Å². The second-order valence-corrected chi connectivity index (χ2v) is 6.28. The molecule has 1 aromatic rings. The van der Waals surface area contributed by atoms with Crippen molar-refractivity contribution in [1.29, 1.82) is 0 Å². The Morgan fingerprint density at radius 3 is 2.74 bits per heavy atom. The maximum Gasteiger partial charge on any atom is 0.190 e. The number of rotatable bonds is 5. The Morgan fingerprint density at radius 2 is 2.04 bits per heavy atom. The molecule has 2 fully saturated rings. The molecule has 2 aliphatic heterocycles. The van der Waals surface area contributed by atoms with Gasteiger partial charge in [0.25, 0.3) is 0 Å². The largest absolute Gasteiger partial charge is 0.368 e. The molecule has 2 aliphatic rings. The van der Waals surface area contributed by atoms with Crippen LogP contribution in [0.4, 0.5) is 0 Å². The molecular formula is C16H21N3O4. The lowest BCUT2D eigenvalue weighted by Gasteiger charge is -2.27. The monoisotopic (exact) mass is 319 g/mol. The molecule has 0 unspecified atom stereocenters. The molecule has 0 N–H and O–H groups in total. The third kappa shape index (κ3) is 3.49. The Morgan fingerprint density at radius 1 is 1.30 bits per heavy atom. The highest BCUT2D eigenvalue weighted by Gasteiger charge is 2.56. The molecule has 0 saturated carbocycles. The lowest BCUT2D eigenvalue weighted by atomic mass is 10.1. The van der Waals surface area contributed by atoms with E-state index in [0.717, 1.165) is 5.56 Å². The van der Waals surface area contributed by atoms with E-state index in [1.54, 1.807) is 6.92 Å². The van der Waals surface area contributed by atoms with Crippen LogP contribution in [-0.4, -0.2) is 36.4 Å². The van der Waals surface area contributed by atoms with Crippen LogP contribution in [0.5, 0.6) is 0 Å². The van der Waals surface area contributed by atoms with E-state index in [9.17, 15) is 0 Å². The van der Waals surface area contributed by atoms with Crippen LogP contribution in [0.15, 0.2) is 35.4 Å². The van der Waals surface area contributed by atoms with Gasteiger partial charge in [-0.1, -0.05) is 42.4 Å². The zero-order valence-electron chi connectivity index (χ0n) is 13.5. The summed E-state index contributed by atoms with van der Waals surface area (Å²) in [5.41, 5.74) is 9.74. The summed E-state index contributed by atoms with van der Waals surface area (Å²) in [6.07, 6.45) is -1.61. The summed E-state index contributed by atoms with van der Waals surface area (Å²) < 4.78 is 23.6. The average molecular weight is 319 g/mol. The van der Waals surface area contributed by atoms with Crippen molar-refractivity contribution in [2.24, 2.45) is 5.11 Å². The lowest BCUT2D eigenvalue weighted by molar-refractivity contribution is -0.220. The predicted octanol–water partition coefficient (Wildman–Crippen LogP) is 3.15. The summed E-state index contributed by atoms with van der Waals surface area (Å²) in [6.45, 7) is 5.92. The SMILES string of the molecule is C[C@H](N=[N+]=[N-])[C@H]1O[C@@H]2OC(C)(C)O[C@@H]2[C@@H]1OCc1ccccc1. The van der Waals surface area contributed by atoms with Gasteiger partial charge < -0.3 is 18.9 Å². The molecule has 23 heavy (non-hydrogen) atoms. The smallest absolute Gasteiger partial charge is 0.190 e. The van der Waals surface area contributed by atoms with Gasteiger partial charge >= 0.3 is 0 Å². The van der Waals surface area contributed by atoms with Crippen LogP contribution in [0.1, 0.15) is 26.3 Å². The molecule has 0 bridgehead atoms. The summed E-state index contributed by atoms with van der Waals surface area (Å²) in [5.74, 6) is -0.712. The molecule has 7 nitrogen and oxygen atoms in total. The fraction of sp³-hybridized carbons (Fsp3) is 0.625. The lowest BCUT2D eigenvalue weighted by Crippen LogP contribution is -2.41. The fourth-order valence-electron chi connectivity index (χ4n) is 3.00. The minimum Gasteiger partial charge on any atom is -0.368 e. The normalized spacial score (nSPS) is 33.0. The molecule has 124 valence electrons. The number of hydrogen-bond donors (Lipinski definition) is 0. The molecule has 2 saturated heterocycles. The van der Waals surface area contributed by atoms with Crippen LogP contribution in [-0.2, 0) is 25.6 Å². The van der Waals surface area contributed by atoms with Gasteiger partial charge in [0.1, 0.15) is 12.2 Å². The number of hydrogen-bond acceptors (Lipinski definition) is 5. The van der Waals surface area contributed by atoms with E-state index in [1.165, 1.54) is 0 Å². The highest BCUT2D eigenvalue weighted by Crippen LogP contribution is 2.40. The Kier molecular flexibility index (Phi) is 4.57. The Labute approximate surface area is 135 Å². The van der Waals surface area contributed by atoms with Gasteiger partial charge in [-0.25, -0.2) is 0 Å². The number of fused-ring (bicyclic) bond motifs is 1. The summed E-state index contributed by atoms with van der Waals surface area (Å²) in [5, 5.41) is 3.74. The number of azide groups is 1. The summed E-state index contributed by atoms with van der Waals surface area (Å²) in [7, 11) is 0. The third-order valence-electron chi connectivity index (χ3n) is 4.02. The average Bonchev–Trinajstić information content (AvgIpc) is 2.98. The molecule has 0 aromatic heterocycles. The zero-order chi connectivity index (χ0) is 16.4. The third-order valence-corrected chi connectivity index (χ3v) is 4.02. The quantitative estimate of drug-likeness (QED) is 0.474. The maximum atomic E-state index is 8.68. The van der Waals surface area contributed by atoms with Crippen LogP contribution in [0.3, 0.4) is 0 Å². The minimum atomic E-state index is -0.712. The van der Waals surface area contributed by atoms with E-state index in [0.29, 0.717) is 6.61 Å². The van der Waals surface area contributed by atoms with Gasteiger partial charge in [0.2, 0.25) is 0 Å². The number of benzene rings is 1. The fourth-order valence-corrected chi connectivity index (χ4v) is 3.00. The zero-order valence-corrected chi connectivity index (χ0v) is 13.5. The topological polar surface area (TPSA) is 85.7 Å². The van der Waals surface area contributed by atoms with Crippen molar-refractivity contribution < 1.29 is 18.9 Å². The summed E-state index contributed by atoms with van der Waals surface area (Å²) in [6, 6.07) is 9.50. The van der Waals surface area contributed by atoms with Crippen molar-refractivity contribution in [3.05, 3.63) is 46.3 Å². The first-order chi connectivity index (χ1) is 11.0. The van der Waals surface area contributed by atoms with Crippen LogP contribution in [0.2, 0.25) is 0 Å². The van der Waals surface area contributed by atoms with E-state index < -0.39 is 18.2 Å². The van der Waals surface area contributed by atoms with Crippen molar-refractivity contribution in [2.45, 2.75) is 63.8 Å². The van der Waals surface area contributed by atoms with Crippen LogP contribution in [0.25, 0.3) is 10.4 Å². The Bertz CT molecular complexity index is 588. The highest BCUT2D eigenvalue weighted by molar-refractivity contribution is 5.13. The molecule has 3 rings (SSSR count). The molecule has 0 radical (unpaired) electrons. The first-order valence-corrected chi connectivity index (χ1v) is 7.71. The van der Waals surface area contributed by atoms with E-state index in [1.807, 2.05) is 44.2 Å². The Hall–Kier alpha value is -1.63. The number of ether oxygens (including phenoxy) is 4. The minimum absolute atomic E-state index is 0.338. The standard InChI is InChI=1S/C16H21N3O4/c1-10(18-19-17)12-13(20-9-11-7-5-4-6-8-11)14-15(21-12)23-16(2,3)22-14/h4-8,10,12-15H,9H2,1-3H3/t10-,12+,13+,14+,15+/m0/s1. The van der Waals surface area contributed by atoms with Crippen molar-refractivity contribution in [3.8, 4) is 0 Å². The molecule has 7 heteroatoms. The van der Waals surface area contributed by atoms with Crippen LogP contribution >= 0.6 is 0 Å². The van der Waals surface area contributed by atoms with Crippen molar-refractivity contribution in [1.82, 2.24) is 0 Å². The second-order valence-electron chi connectivity index (χ2n) is 6.28. The van der Waals surface area contributed by atoms with E-state index >= 15 is 0 Å². The summed E-state index contributed by atoms with van der Waals surface area (Å²) in [4.78, 5) is 2.86. The molecule has 2 heterocycles. The number of nitrogens with zero attached hydrogens (tertiary/aromatic N) is 3. The van der Waals surface area contributed by atoms with Crippen LogP contribution < -0.4 is 0 Å². The molecular weight excluding hydrogens is 298 g/mol. The predicted molar refractivity (Wildman–Crippen MR) is 82.3 cm³/mol. The van der Waals surface area contributed by atoms with Gasteiger partial charge in [-0.3, -0.25) is 0 Å². The van der Waals surface area contributed by atoms with Gasteiger partial charge in [0.15, 0.2) is 12.1 Å². The van der Waals surface area contributed by atoms with Gasteiger partial charge in [-0.05, 0) is 24.9 Å². The van der Waals surface area contributed by atoms with Crippen molar-refractivity contribution in [3.63, 3.8) is 0 Å². The van der Waals surface area contributed by atoms with Crippen LogP contribution in [0, 0.1) is 0 Å². The van der Waals surface area contributed by atoms with E-state index in [4.69, 9.17) is 24.5 Å². The molecule has 1 aromatic carbocycles. The second kappa shape index (κ2) is 6.47. The van der Waals surface area contributed by atoms with Gasteiger partial charge in [-0.2, -0.15) is 0 Å². The highest BCUT2D eigenvalue weighted by atomic mass is 16.8.